The molecule has 0 radical (unpaired) electrons. The molecular formula is C31H30N4O5S. The molecule has 9 nitrogen and oxygen atoms in total. The number of carbonyl (C=O) groups excluding carboxylic acids is 2. The second-order valence-corrected chi connectivity index (χ2v) is 10.4. The second-order valence-electron chi connectivity index (χ2n) is 9.91. The Morgan fingerprint density at radius 3 is 2.63 bits per heavy atom. The number of amides is 1. The SMILES string of the molecule is CCCCN(C(C)=O)c1ccc2c(c1)c(-c1ccc3nsnc3c1)c(C(=O)OCC)n2Cc1ccc2c(c1)OCO2. The van der Waals surface area contributed by atoms with Crippen molar-refractivity contribution in [3.05, 3.63) is 65.9 Å². The standard InChI is InChI=1S/C31H30N4O5S/c1-4-6-13-34(19(3)36)22-9-11-26-23(16-22)29(21-8-10-24-25(15-21)33-41-32-24)30(31(37)38-5-2)35(26)17-20-7-12-27-28(14-20)40-18-39-27/h7-12,14-16H,4-6,13,17-18H2,1-3H3. The topological polar surface area (TPSA) is 95.8 Å². The molecule has 0 saturated heterocycles. The van der Waals surface area contributed by atoms with Crippen molar-refractivity contribution in [2.24, 2.45) is 0 Å². The van der Waals surface area contributed by atoms with Gasteiger partial charge in [0.25, 0.3) is 0 Å². The first-order valence-corrected chi connectivity index (χ1v) is 14.4. The first-order chi connectivity index (χ1) is 20.0. The summed E-state index contributed by atoms with van der Waals surface area (Å²) in [6.07, 6.45) is 1.86. The summed E-state index contributed by atoms with van der Waals surface area (Å²) < 4.78 is 27.5. The van der Waals surface area contributed by atoms with Crippen LogP contribution in [0.4, 0.5) is 5.69 Å². The molecule has 6 rings (SSSR count). The van der Waals surface area contributed by atoms with Crippen molar-refractivity contribution in [3.63, 3.8) is 0 Å². The highest BCUT2D eigenvalue weighted by Crippen LogP contribution is 2.40. The summed E-state index contributed by atoms with van der Waals surface area (Å²) in [5.74, 6) is 0.920. The summed E-state index contributed by atoms with van der Waals surface area (Å²) in [6.45, 7) is 6.92. The number of nitrogens with zero attached hydrogens (tertiary/aromatic N) is 4. The molecule has 1 aliphatic heterocycles. The number of unbranched alkanes of at least 4 members (excludes halogenated alkanes) is 1. The van der Waals surface area contributed by atoms with Gasteiger partial charge in [0.2, 0.25) is 12.7 Å². The molecule has 41 heavy (non-hydrogen) atoms. The van der Waals surface area contributed by atoms with Crippen LogP contribution in [0.1, 0.15) is 49.7 Å². The number of fused-ring (bicyclic) bond motifs is 3. The van der Waals surface area contributed by atoms with Gasteiger partial charge >= 0.3 is 5.97 Å². The summed E-state index contributed by atoms with van der Waals surface area (Å²) >= 11 is 1.15. The van der Waals surface area contributed by atoms with Gasteiger partial charge in [-0.2, -0.15) is 8.75 Å². The molecule has 3 heterocycles. The summed E-state index contributed by atoms with van der Waals surface area (Å²) in [7, 11) is 0. The van der Waals surface area contributed by atoms with E-state index in [0.717, 1.165) is 68.9 Å². The van der Waals surface area contributed by atoms with Crippen LogP contribution in [0.2, 0.25) is 0 Å². The Kier molecular flexibility index (Phi) is 7.32. The lowest BCUT2D eigenvalue weighted by Gasteiger charge is -2.21. The maximum Gasteiger partial charge on any atom is 0.355 e. The van der Waals surface area contributed by atoms with Crippen LogP contribution in [-0.2, 0) is 16.1 Å². The molecular weight excluding hydrogens is 540 g/mol. The number of aromatic nitrogens is 3. The van der Waals surface area contributed by atoms with Crippen molar-refractivity contribution < 1.29 is 23.8 Å². The average Bonchev–Trinajstić information content (AvgIpc) is 3.70. The maximum atomic E-state index is 13.7. The van der Waals surface area contributed by atoms with Gasteiger partial charge in [0.05, 0.1) is 18.3 Å². The van der Waals surface area contributed by atoms with E-state index < -0.39 is 5.97 Å². The molecule has 1 aliphatic rings. The summed E-state index contributed by atoms with van der Waals surface area (Å²) in [6, 6.07) is 17.5. The van der Waals surface area contributed by atoms with Crippen molar-refractivity contribution in [2.75, 3.05) is 24.8 Å². The van der Waals surface area contributed by atoms with Crippen molar-refractivity contribution in [3.8, 4) is 22.6 Å². The van der Waals surface area contributed by atoms with E-state index in [1.165, 1.54) is 0 Å². The van der Waals surface area contributed by atoms with Gasteiger partial charge in [0.1, 0.15) is 16.7 Å². The molecule has 3 aromatic carbocycles. The average molecular weight is 571 g/mol. The zero-order chi connectivity index (χ0) is 28.5. The van der Waals surface area contributed by atoms with E-state index in [2.05, 4.69) is 15.7 Å². The Balaban J connectivity index is 1.60. The van der Waals surface area contributed by atoms with Crippen LogP contribution in [0.5, 0.6) is 11.5 Å². The minimum Gasteiger partial charge on any atom is -0.461 e. The van der Waals surface area contributed by atoms with Gasteiger partial charge < -0.3 is 23.7 Å². The molecule has 0 fully saturated rings. The number of esters is 1. The normalized spacial score (nSPS) is 12.3. The zero-order valence-electron chi connectivity index (χ0n) is 23.2. The number of benzene rings is 3. The minimum atomic E-state index is -0.424. The molecule has 0 atom stereocenters. The summed E-state index contributed by atoms with van der Waals surface area (Å²) in [5, 5.41) is 0.844. The van der Waals surface area contributed by atoms with Crippen LogP contribution < -0.4 is 14.4 Å². The molecule has 10 heteroatoms. The fourth-order valence-electron chi connectivity index (χ4n) is 5.32. The van der Waals surface area contributed by atoms with Crippen LogP contribution in [-0.4, -0.2) is 45.1 Å². The Bertz CT molecular complexity index is 1780. The molecule has 210 valence electrons. The van der Waals surface area contributed by atoms with Crippen molar-refractivity contribution in [2.45, 2.75) is 40.2 Å². The fraction of sp³-hybridized carbons (Fsp3) is 0.290. The Morgan fingerprint density at radius 2 is 1.83 bits per heavy atom. The van der Waals surface area contributed by atoms with Crippen LogP contribution in [0, 0.1) is 0 Å². The number of ether oxygens (including phenoxy) is 3. The third-order valence-corrected chi connectivity index (χ3v) is 7.82. The highest BCUT2D eigenvalue weighted by molar-refractivity contribution is 7.00. The molecule has 0 aliphatic carbocycles. The lowest BCUT2D eigenvalue weighted by molar-refractivity contribution is -0.116. The highest BCUT2D eigenvalue weighted by atomic mass is 32.1. The molecule has 0 spiro atoms. The summed E-state index contributed by atoms with van der Waals surface area (Å²) in [4.78, 5) is 28.2. The van der Waals surface area contributed by atoms with Gasteiger partial charge in [-0.3, -0.25) is 4.79 Å². The number of hydrogen-bond donors (Lipinski definition) is 0. The van der Waals surface area contributed by atoms with Gasteiger partial charge in [-0.15, -0.1) is 0 Å². The third kappa shape index (κ3) is 4.99. The van der Waals surface area contributed by atoms with Gasteiger partial charge in [-0.1, -0.05) is 25.5 Å². The third-order valence-electron chi connectivity index (χ3n) is 7.26. The largest absolute Gasteiger partial charge is 0.461 e. The number of hydrogen-bond acceptors (Lipinski definition) is 8. The Hall–Kier alpha value is -4.44. The van der Waals surface area contributed by atoms with Crippen molar-refractivity contribution in [1.29, 1.82) is 0 Å². The monoisotopic (exact) mass is 570 g/mol. The summed E-state index contributed by atoms with van der Waals surface area (Å²) in [5.41, 5.74) is 6.11. The van der Waals surface area contributed by atoms with E-state index >= 15 is 0 Å². The smallest absolute Gasteiger partial charge is 0.355 e. The lowest BCUT2D eigenvalue weighted by atomic mass is 10.0. The van der Waals surface area contributed by atoms with Crippen LogP contribution >= 0.6 is 11.7 Å². The Labute approximate surface area is 241 Å². The van der Waals surface area contributed by atoms with Crippen molar-refractivity contribution in [1.82, 2.24) is 13.3 Å². The molecule has 0 saturated carbocycles. The van der Waals surface area contributed by atoms with Gasteiger partial charge in [0.15, 0.2) is 11.5 Å². The molecule has 0 unspecified atom stereocenters. The van der Waals surface area contributed by atoms with Crippen LogP contribution in [0.15, 0.2) is 54.6 Å². The van der Waals surface area contributed by atoms with E-state index in [-0.39, 0.29) is 19.3 Å². The number of anilines is 1. The minimum absolute atomic E-state index is 0.0280. The first-order valence-electron chi connectivity index (χ1n) is 13.7. The number of rotatable bonds is 9. The van der Waals surface area contributed by atoms with Gasteiger partial charge in [0, 0.05) is 42.2 Å². The molecule has 0 N–H and O–H groups in total. The quantitative estimate of drug-likeness (QED) is 0.189. The van der Waals surface area contributed by atoms with E-state index in [0.29, 0.717) is 30.3 Å². The Morgan fingerprint density at radius 1 is 1.00 bits per heavy atom. The lowest BCUT2D eigenvalue weighted by Crippen LogP contribution is -2.29. The molecule has 0 bridgehead atoms. The van der Waals surface area contributed by atoms with Crippen LogP contribution in [0.25, 0.3) is 33.1 Å². The first kappa shape index (κ1) is 26.8. The predicted molar refractivity (Wildman–Crippen MR) is 159 cm³/mol. The van der Waals surface area contributed by atoms with Crippen molar-refractivity contribution >= 4 is 51.2 Å². The van der Waals surface area contributed by atoms with E-state index in [4.69, 9.17) is 14.2 Å². The van der Waals surface area contributed by atoms with E-state index in [9.17, 15) is 9.59 Å². The molecule has 1 amide bonds. The van der Waals surface area contributed by atoms with E-state index in [1.807, 2.05) is 59.2 Å². The fourth-order valence-corrected chi connectivity index (χ4v) is 5.84. The predicted octanol–water partition coefficient (Wildman–Crippen LogP) is 6.42. The molecule has 5 aromatic rings. The van der Waals surface area contributed by atoms with Gasteiger partial charge in [-0.05, 0) is 66.9 Å². The highest BCUT2D eigenvalue weighted by Gasteiger charge is 2.27. The van der Waals surface area contributed by atoms with Gasteiger partial charge in [-0.25, -0.2) is 4.79 Å². The molecule has 2 aromatic heterocycles. The zero-order valence-corrected chi connectivity index (χ0v) is 24.0. The second kappa shape index (κ2) is 11.2. The number of carbonyl (C=O) groups is 2. The van der Waals surface area contributed by atoms with E-state index in [1.54, 1.807) is 18.7 Å². The maximum absolute atomic E-state index is 13.7. The van der Waals surface area contributed by atoms with Crippen LogP contribution in [0.3, 0.4) is 0 Å².